The van der Waals surface area contributed by atoms with Crippen LogP contribution in [0.2, 0.25) is 0 Å². The Balaban J connectivity index is 1.77. The molecule has 0 aliphatic carbocycles. The fourth-order valence-corrected chi connectivity index (χ4v) is 2.77. The first-order valence-corrected chi connectivity index (χ1v) is 9.05. The molecule has 0 saturated heterocycles. The Morgan fingerprint density at radius 1 is 0.897 bits per heavy atom. The summed E-state index contributed by atoms with van der Waals surface area (Å²) >= 11 is 0. The predicted molar refractivity (Wildman–Crippen MR) is 113 cm³/mol. The minimum Gasteiger partial charge on any atom is -0.493 e. The van der Waals surface area contributed by atoms with Gasteiger partial charge in [0.1, 0.15) is 6.61 Å². The van der Waals surface area contributed by atoms with Crippen LogP contribution >= 0.6 is 0 Å². The number of methoxy groups -OCH3 is 1. The minimum absolute atomic E-state index is 0.105. The van der Waals surface area contributed by atoms with Crippen molar-refractivity contribution in [1.82, 2.24) is 0 Å². The Hall–Kier alpha value is -3.86. The van der Waals surface area contributed by atoms with Gasteiger partial charge in [0.2, 0.25) is 0 Å². The molecule has 5 nitrogen and oxygen atoms in total. The maximum absolute atomic E-state index is 12.7. The third-order valence-electron chi connectivity index (χ3n) is 4.20. The largest absolute Gasteiger partial charge is 0.493 e. The molecule has 0 fully saturated rings. The van der Waals surface area contributed by atoms with Gasteiger partial charge in [-0.3, -0.25) is 9.59 Å². The van der Waals surface area contributed by atoms with E-state index in [1.165, 1.54) is 7.11 Å². The number of hydrogen-bond acceptors (Lipinski definition) is 4. The molecule has 0 heterocycles. The Kier molecular flexibility index (Phi) is 6.43. The van der Waals surface area contributed by atoms with Gasteiger partial charge in [0.25, 0.3) is 5.91 Å². The SMILES string of the molecule is C=CCOc1ccc(C(=O)Nc2cccc(C(=O)c3ccccc3)c2)cc1OC. The molecule has 0 aromatic heterocycles. The lowest BCUT2D eigenvalue weighted by atomic mass is 10.0. The molecule has 29 heavy (non-hydrogen) atoms. The van der Waals surface area contributed by atoms with Gasteiger partial charge in [-0.2, -0.15) is 0 Å². The summed E-state index contributed by atoms with van der Waals surface area (Å²) in [6.45, 7) is 3.95. The zero-order valence-corrected chi connectivity index (χ0v) is 16.1. The molecule has 1 N–H and O–H groups in total. The molecule has 3 rings (SSSR count). The fourth-order valence-electron chi connectivity index (χ4n) is 2.77. The van der Waals surface area contributed by atoms with Crippen LogP contribution in [0.1, 0.15) is 26.3 Å². The summed E-state index contributed by atoms with van der Waals surface area (Å²) in [5, 5.41) is 2.82. The predicted octanol–water partition coefficient (Wildman–Crippen LogP) is 4.74. The summed E-state index contributed by atoms with van der Waals surface area (Å²) in [6, 6.07) is 20.8. The van der Waals surface area contributed by atoms with Crippen molar-refractivity contribution in [2.24, 2.45) is 0 Å². The monoisotopic (exact) mass is 387 g/mol. The highest BCUT2D eigenvalue weighted by molar-refractivity contribution is 6.10. The van der Waals surface area contributed by atoms with Crippen LogP contribution in [0.3, 0.4) is 0 Å². The van der Waals surface area contributed by atoms with Crippen molar-refractivity contribution >= 4 is 17.4 Å². The first kappa shape index (κ1) is 19.9. The van der Waals surface area contributed by atoms with Crippen LogP contribution < -0.4 is 14.8 Å². The zero-order chi connectivity index (χ0) is 20.6. The van der Waals surface area contributed by atoms with Gasteiger partial charge in [0.05, 0.1) is 7.11 Å². The number of carbonyl (C=O) groups excluding carboxylic acids is 2. The number of carbonyl (C=O) groups is 2. The van der Waals surface area contributed by atoms with Crippen molar-refractivity contribution in [2.45, 2.75) is 0 Å². The second kappa shape index (κ2) is 9.37. The van der Waals surface area contributed by atoms with Gasteiger partial charge in [-0.1, -0.05) is 55.1 Å². The Morgan fingerprint density at radius 2 is 1.66 bits per heavy atom. The third-order valence-corrected chi connectivity index (χ3v) is 4.20. The molecular weight excluding hydrogens is 366 g/mol. The highest BCUT2D eigenvalue weighted by Gasteiger charge is 2.13. The van der Waals surface area contributed by atoms with E-state index in [2.05, 4.69) is 11.9 Å². The number of benzene rings is 3. The van der Waals surface area contributed by atoms with E-state index in [1.807, 2.05) is 18.2 Å². The van der Waals surface area contributed by atoms with Crippen LogP contribution in [0.25, 0.3) is 0 Å². The van der Waals surface area contributed by atoms with Crippen molar-refractivity contribution in [3.8, 4) is 11.5 Å². The molecule has 0 unspecified atom stereocenters. The number of amides is 1. The molecule has 0 atom stereocenters. The van der Waals surface area contributed by atoms with Crippen molar-refractivity contribution in [2.75, 3.05) is 19.0 Å². The number of ether oxygens (including phenoxy) is 2. The molecule has 0 saturated carbocycles. The molecule has 3 aromatic carbocycles. The van der Waals surface area contributed by atoms with Crippen molar-refractivity contribution in [1.29, 1.82) is 0 Å². The maximum Gasteiger partial charge on any atom is 0.255 e. The van der Waals surface area contributed by atoms with Crippen LogP contribution in [0.5, 0.6) is 11.5 Å². The van der Waals surface area contributed by atoms with Crippen molar-refractivity contribution in [3.63, 3.8) is 0 Å². The smallest absolute Gasteiger partial charge is 0.255 e. The molecule has 146 valence electrons. The number of rotatable bonds is 8. The number of anilines is 1. The molecule has 1 amide bonds. The fraction of sp³-hybridized carbons (Fsp3) is 0.0833. The highest BCUT2D eigenvalue weighted by atomic mass is 16.5. The number of ketones is 1. The second-order valence-electron chi connectivity index (χ2n) is 6.20. The molecule has 0 radical (unpaired) electrons. The normalized spacial score (nSPS) is 10.1. The zero-order valence-electron chi connectivity index (χ0n) is 16.1. The van der Waals surface area contributed by atoms with E-state index >= 15 is 0 Å². The number of hydrogen-bond donors (Lipinski definition) is 1. The topological polar surface area (TPSA) is 64.6 Å². The Labute approximate surface area is 169 Å². The van der Waals surface area contributed by atoms with Crippen molar-refractivity contribution < 1.29 is 19.1 Å². The van der Waals surface area contributed by atoms with E-state index in [-0.39, 0.29) is 11.7 Å². The summed E-state index contributed by atoms with van der Waals surface area (Å²) in [7, 11) is 1.51. The van der Waals surface area contributed by atoms with Gasteiger partial charge in [0.15, 0.2) is 17.3 Å². The second-order valence-corrected chi connectivity index (χ2v) is 6.20. The molecular formula is C24H21NO4. The first-order chi connectivity index (χ1) is 14.1. The standard InChI is InChI=1S/C24H21NO4/c1-3-14-29-21-13-12-19(16-22(21)28-2)24(27)25-20-11-7-10-18(15-20)23(26)17-8-5-4-6-9-17/h3-13,15-16H,1,14H2,2H3,(H,25,27). The van der Waals surface area contributed by atoms with Gasteiger partial charge in [-0.15, -0.1) is 0 Å². The van der Waals surface area contributed by atoms with E-state index in [0.717, 1.165) is 0 Å². The van der Waals surface area contributed by atoms with E-state index in [9.17, 15) is 9.59 Å². The lowest BCUT2D eigenvalue weighted by molar-refractivity contribution is 0.102. The first-order valence-electron chi connectivity index (χ1n) is 9.05. The summed E-state index contributed by atoms with van der Waals surface area (Å²) in [4.78, 5) is 25.3. The molecule has 0 bridgehead atoms. The molecule has 0 spiro atoms. The van der Waals surface area contributed by atoms with Crippen molar-refractivity contribution in [3.05, 3.63) is 102 Å². The minimum atomic E-state index is -0.317. The summed E-state index contributed by atoms with van der Waals surface area (Å²) in [5.41, 5.74) is 2.03. The summed E-state index contributed by atoms with van der Waals surface area (Å²) < 4.78 is 10.8. The van der Waals surface area contributed by atoms with E-state index in [1.54, 1.807) is 60.7 Å². The van der Waals surface area contributed by atoms with Crippen LogP contribution in [0, 0.1) is 0 Å². The quantitative estimate of drug-likeness (QED) is 0.448. The number of nitrogens with one attached hydrogen (secondary N) is 1. The van der Waals surface area contributed by atoms with Crippen LogP contribution in [0.15, 0.2) is 85.5 Å². The molecule has 0 aliphatic rings. The van der Waals surface area contributed by atoms with E-state index in [4.69, 9.17) is 9.47 Å². The maximum atomic E-state index is 12.7. The van der Waals surface area contributed by atoms with E-state index in [0.29, 0.717) is 40.5 Å². The van der Waals surface area contributed by atoms with Gasteiger partial charge in [-0.25, -0.2) is 0 Å². The van der Waals surface area contributed by atoms with Crippen LogP contribution in [-0.4, -0.2) is 25.4 Å². The summed E-state index contributed by atoms with van der Waals surface area (Å²) in [6.07, 6.45) is 1.63. The Bertz CT molecular complexity index is 1030. The molecule has 3 aromatic rings. The molecule has 5 heteroatoms. The summed E-state index contributed by atoms with van der Waals surface area (Å²) in [5.74, 6) is 0.557. The van der Waals surface area contributed by atoms with E-state index < -0.39 is 0 Å². The van der Waals surface area contributed by atoms with Gasteiger partial charge in [-0.05, 0) is 30.3 Å². The van der Waals surface area contributed by atoms with Gasteiger partial charge < -0.3 is 14.8 Å². The van der Waals surface area contributed by atoms with Gasteiger partial charge in [0, 0.05) is 22.4 Å². The average molecular weight is 387 g/mol. The highest BCUT2D eigenvalue weighted by Crippen LogP contribution is 2.28. The lowest BCUT2D eigenvalue weighted by Gasteiger charge is -2.12. The third kappa shape index (κ3) is 4.90. The average Bonchev–Trinajstić information content (AvgIpc) is 2.77. The van der Waals surface area contributed by atoms with Crippen LogP contribution in [0.4, 0.5) is 5.69 Å². The van der Waals surface area contributed by atoms with Crippen LogP contribution in [-0.2, 0) is 0 Å². The molecule has 0 aliphatic heterocycles. The lowest BCUT2D eigenvalue weighted by Crippen LogP contribution is -2.13. The van der Waals surface area contributed by atoms with Gasteiger partial charge >= 0.3 is 0 Å². The Morgan fingerprint density at radius 3 is 2.38 bits per heavy atom.